The number of rotatable bonds is 6. The Morgan fingerprint density at radius 2 is 2.11 bits per heavy atom. The Balaban J connectivity index is 1.25. The van der Waals surface area contributed by atoms with E-state index in [1.54, 1.807) is 18.6 Å². The average Bonchev–Trinajstić information content (AvgIpc) is 3.27. The van der Waals surface area contributed by atoms with Gasteiger partial charge in [0, 0.05) is 51.5 Å². The zero-order chi connectivity index (χ0) is 19.2. The summed E-state index contributed by atoms with van der Waals surface area (Å²) in [4.78, 5) is 23.1. The number of hydrogen-bond acceptors (Lipinski definition) is 6. The Morgan fingerprint density at radius 3 is 2.79 bits per heavy atom. The van der Waals surface area contributed by atoms with Crippen molar-refractivity contribution in [2.24, 2.45) is 0 Å². The number of ether oxygens (including phenoxy) is 2. The van der Waals surface area contributed by atoms with E-state index in [0.717, 1.165) is 50.4 Å². The van der Waals surface area contributed by atoms with E-state index in [-0.39, 0.29) is 18.1 Å². The van der Waals surface area contributed by atoms with Crippen molar-refractivity contribution in [2.45, 2.75) is 37.9 Å². The standard InChI is InChI=1S/C21H26N4O3/c26-21(16-5-6-20(23-13-16)24-15-18-4-2-12-27-18)25-10-7-17(8-11-25)28-19-3-1-9-22-14-19/h1,3,5-6,9,13-14,17-18H,2,4,7-8,10-12,15H2,(H,23,24). The molecule has 0 bridgehead atoms. The van der Waals surface area contributed by atoms with Crippen LogP contribution < -0.4 is 10.1 Å². The van der Waals surface area contributed by atoms with Gasteiger partial charge in [-0.05, 0) is 37.1 Å². The third-order valence-electron chi connectivity index (χ3n) is 5.21. The van der Waals surface area contributed by atoms with Crippen LogP contribution in [-0.4, -0.2) is 59.2 Å². The van der Waals surface area contributed by atoms with Gasteiger partial charge in [0.2, 0.25) is 0 Å². The van der Waals surface area contributed by atoms with Crippen molar-refractivity contribution in [1.29, 1.82) is 0 Å². The lowest BCUT2D eigenvalue weighted by atomic mass is 10.1. The first-order chi connectivity index (χ1) is 13.8. The van der Waals surface area contributed by atoms with Crippen molar-refractivity contribution in [2.75, 3.05) is 31.6 Å². The Kier molecular flexibility index (Phi) is 6.01. The Morgan fingerprint density at radius 1 is 1.21 bits per heavy atom. The van der Waals surface area contributed by atoms with Crippen LogP contribution in [-0.2, 0) is 4.74 Å². The van der Waals surface area contributed by atoms with Crippen LogP contribution in [0.4, 0.5) is 5.82 Å². The van der Waals surface area contributed by atoms with Gasteiger partial charge in [0.05, 0.1) is 17.9 Å². The molecule has 1 unspecified atom stereocenters. The molecule has 2 aromatic heterocycles. The summed E-state index contributed by atoms with van der Waals surface area (Å²) in [7, 11) is 0. The molecular weight excluding hydrogens is 356 g/mol. The van der Waals surface area contributed by atoms with Gasteiger partial charge in [-0.1, -0.05) is 0 Å². The number of amides is 1. The highest BCUT2D eigenvalue weighted by Crippen LogP contribution is 2.20. The molecule has 2 saturated heterocycles. The van der Waals surface area contributed by atoms with Crippen LogP contribution in [0.1, 0.15) is 36.0 Å². The maximum Gasteiger partial charge on any atom is 0.255 e. The van der Waals surface area contributed by atoms with Crippen molar-refractivity contribution < 1.29 is 14.3 Å². The third-order valence-corrected chi connectivity index (χ3v) is 5.21. The Labute approximate surface area is 165 Å². The van der Waals surface area contributed by atoms with Crippen LogP contribution in [0.15, 0.2) is 42.9 Å². The number of aromatic nitrogens is 2. The molecule has 1 N–H and O–H groups in total. The summed E-state index contributed by atoms with van der Waals surface area (Å²) in [5.74, 6) is 1.58. The third kappa shape index (κ3) is 4.78. The molecule has 2 fully saturated rings. The topological polar surface area (TPSA) is 76.6 Å². The van der Waals surface area contributed by atoms with E-state index in [2.05, 4.69) is 15.3 Å². The molecule has 0 aliphatic carbocycles. The highest BCUT2D eigenvalue weighted by Gasteiger charge is 2.25. The maximum atomic E-state index is 12.7. The minimum absolute atomic E-state index is 0.0259. The number of carbonyl (C=O) groups excluding carboxylic acids is 1. The predicted molar refractivity (Wildman–Crippen MR) is 105 cm³/mol. The van der Waals surface area contributed by atoms with Crippen LogP contribution in [0.3, 0.4) is 0 Å². The first kappa shape index (κ1) is 18.7. The number of pyridine rings is 2. The second kappa shape index (κ2) is 9.01. The number of nitrogens with zero attached hydrogens (tertiary/aromatic N) is 3. The van der Waals surface area contributed by atoms with Gasteiger partial charge in [-0.15, -0.1) is 0 Å². The Bertz CT molecular complexity index is 755. The molecule has 1 atom stereocenters. The van der Waals surface area contributed by atoms with E-state index in [1.165, 1.54) is 0 Å². The molecule has 1 amide bonds. The van der Waals surface area contributed by atoms with E-state index >= 15 is 0 Å². The van der Waals surface area contributed by atoms with E-state index in [1.807, 2.05) is 29.2 Å². The number of hydrogen-bond donors (Lipinski definition) is 1. The van der Waals surface area contributed by atoms with Gasteiger partial charge in [-0.2, -0.15) is 0 Å². The van der Waals surface area contributed by atoms with Crippen molar-refractivity contribution >= 4 is 11.7 Å². The lowest BCUT2D eigenvalue weighted by Crippen LogP contribution is -2.41. The molecule has 4 rings (SSSR count). The number of anilines is 1. The summed E-state index contributed by atoms with van der Waals surface area (Å²) >= 11 is 0. The van der Waals surface area contributed by atoms with Gasteiger partial charge in [-0.3, -0.25) is 9.78 Å². The monoisotopic (exact) mass is 382 g/mol. The highest BCUT2D eigenvalue weighted by atomic mass is 16.5. The molecule has 28 heavy (non-hydrogen) atoms. The summed E-state index contributed by atoms with van der Waals surface area (Å²) < 4.78 is 11.5. The van der Waals surface area contributed by atoms with Crippen LogP contribution >= 0.6 is 0 Å². The molecule has 0 saturated carbocycles. The summed E-state index contributed by atoms with van der Waals surface area (Å²) in [5.41, 5.74) is 0.620. The molecule has 0 spiro atoms. The van der Waals surface area contributed by atoms with Crippen molar-refractivity contribution in [1.82, 2.24) is 14.9 Å². The normalized spacial score (nSPS) is 20.1. The van der Waals surface area contributed by atoms with E-state index < -0.39 is 0 Å². The average molecular weight is 382 g/mol. The van der Waals surface area contributed by atoms with Crippen LogP contribution in [0, 0.1) is 0 Å². The molecular formula is C21H26N4O3. The van der Waals surface area contributed by atoms with Crippen LogP contribution in [0.2, 0.25) is 0 Å². The molecule has 7 nitrogen and oxygen atoms in total. The molecule has 2 aliphatic heterocycles. The first-order valence-electron chi connectivity index (χ1n) is 9.95. The van der Waals surface area contributed by atoms with E-state index in [0.29, 0.717) is 18.7 Å². The molecule has 2 aliphatic rings. The van der Waals surface area contributed by atoms with Gasteiger partial charge in [0.1, 0.15) is 17.7 Å². The quantitative estimate of drug-likeness (QED) is 0.828. The van der Waals surface area contributed by atoms with Gasteiger partial charge in [0.25, 0.3) is 5.91 Å². The van der Waals surface area contributed by atoms with E-state index in [4.69, 9.17) is 9.47 Å². The minimum atomic E-state index is 0.0259. The van der Waals surface area contributed by atoms with Gasteiger partial charge in [0.15, 0.2) is 0 Å². The Hall–Kier alpha value is -2.67. The fourth-order valence-electron chi connectivity index (χ4n) is 3.62. The maximum absolute atomic E-state index is 12.7. The number of piperidine rings is 1. The summed E-state index contributed by atoms with van der Waals surface area (Å²) in [6.45, 7) is 2.97. The first-order valence-corrected chi connectivity index (χ1v) is 9.95. The molecule has 0 radical (unpaired) electrons. The highest BCUT2D eigenvalue weighted by molar-refractivity contribution is 5.94. The lowest BCUT2D eigenvalue weighted by Gasteiger charge is -2.32. The van der Waals surface area contributed by atoms with Gasteiger partial charge >= 0.3 is 0 Å². The van der Waals surface area contributed by atoms with Crippen LogP contribution in [0.25, 0.3) is 0 Å². The number of carbonyl (C=O) groups is 1. The molecule has 2 aromatic rings. The number of likely N-dealkylation sites (tertiary alicyclic amines) is 1. The zero-order valence-electron chi connectivity index (χ0n) is 15.9. The van der Waals surface area contributed by atoms with Crippen molar-refractivity contribution in [3.05, 3.63) is 48.4 Å². The SMILES string of the molecule is O=C(c1ccc(NCC2CCCO2)nc1)N1CCC(Oc2cccnc2)CC1. The second-order valence-electron chi connectivity index (χ2n) is 7.25. The predicted octanol–water partition coefficient (Wildman–Crippen LogP) is 2.75. The molecule has 148 valence electrons. The van der Waals surface area contributed by atoms with Gasteiger partial charge in [-0.25, -0.2) is 4.98 Å². The fraction of sp³-hybridized carbons (Fsp3) is 0.476. The smallest absolute Gasteiger partial charge is 0.255 e. The van der Waals surface area contributed by atoms with Crippen molar-refractivity contribution in [3.63, 3.8) is 0 Å². The fourth-order valence-corrected chi connectivity index (χ4v) is 3.62. The van der Waals surface area contributed by atoms with Crippen LogP contribution in [0.5, 0.6) is 5.75 Å². The number of nitrogens with one attached hydrogen (secondary N) is 1. The molecule has 4 heterocycles. The van der Waals surface area contributed by atoms with Gasteiger partial charge < -0.3 is 19.7 Å². The molecule has 0 aromatic carbocycles. The summed E-state index contributed by atoms with van der Waals surface area (Å²) in [6.07, 6.45) is 9.32. The zero-order valence-corrected chi connectivity index (χ0v) is 15.9. The lowest BCUT2D eigenvalue weighted by molar-refractivity contribution is 0.0594. The molecule has 7 heteroatoms. The van der Waals surface area contributed by atoms with Crippen molar-refractivity contribution in [3.8, 4) is 5.75 Å². The summed E-state index contributed by atoms with van der Waals surface area (Å²) in [5, 5.41) is 3.28. The summed E-state index contributed by atoms with van der Waals surface area (Å²) in [6, 6.07) is 7.47. The largest absolute Gasteiger partial charge is 0.489 e. The van der Waals surface area contributed by atoms with E-state index in [9.17, 15) is 4.79 Å². The minimum Gasteiger partial charge on any atom is -0.489 e. The second-order valence-corrected chi connectivity index (χ2v) is 7.25.